The number of carboxylic acid groups (broad SMARTS) is 1. The topological polar surface area (TPSA) is 40.5 Å². The van der Waals surface area contributed by atoms with Gasteiger partial charge in [0.15, 0.2) is 0 Å². The molecule has 1 heterocycles. The maximum absolute atomic E-state index is 10.6. The lowest BCUT2D eigenvalue weighted by atomic mass is 9.93. The Morgan fingerprint density at radius 2 is 2.22 bits per heavy atom. The summed E-state index contributed by atoms with van der Waals surface area (Å²) in [5.74, 6) is -0.767. The first-order chi connectivity index (χ1) is 8.49. The summed E-state index contributed by atoms with van der Waals surface area (Å²) >= 11 is 12.2. The van der Waals surface area contributed by atoms with Gasteiger partial charge < -0.3 is 5.11 Å². The van der Waals surface area contributed by atoms with Gasteiger partial charge in [-0.1, -0.05) is 23.2 Å². The van der Waals surface area contributed by atoms with Crippen molar-refractivity contribution < 1.29 is 9.90 Å². The first-order valence-corrected chi connectivity index (χ1v) is 6.68. The highest BCUT2D eigenvalue weighted by Crippen LogP contribution is 2.35. The van der Waals surface area contributed by atoms with E-state index >= 15 is 0 Å². The van der Waals surface area contributed by atoms with E-state index in [0.29, 0.717) is 16.6 Å². The summed E-state index contributed by atoms with van der Waals surface area (Å²) in [6, 6.07) is 3.85. The molecule has 0 radical (unpaired) electrons. The van der Waals surface area contributed by atoms with E-state index in [9.17, 15) is 4.79 Å². The molecule has 0 fully saturated rings. The van der Waals surface area contributed by atoms with Crippen LogP contribution in [0.3, 0.4) is 0 Å². The molecule has 1 aromatic rings. The highest BCUT2D eigenvalue weighted by atomic mass is 35.5. The normalized spacial score (nSPS) is 19.6. The standard InChI is InChI=1S/C13H15Cl2NO2/c1-8-11-6-9(14)7-12(15)10(11)2-4-16(8)5-3-13(17)18/h6-8H,2-5H2,1H3,(H,17,18). The van der Waals surface area contributed by atoms with Crippen LogP contribution in [0, 0.1) is 0 Å². The number of rotatable bonds is 3. The molecule has 1 aliphatic heterocycles. The third-order valence-electron chi connectivity index (χ3n) is 3.45. The van der Waals surface area contributed by atoms with Crippen molar-refractivity contribution in [2.45, 2.75) is 25.8 Å². The Morgan fingerprint density at radius 3 is 2.89 bits per heavy atom. The fourth-order valence-electron chi connectivity index (χ4n) is 2.45. The fraction of sp³-hybridized carbons (Fsp3) is 0.462. The largest absolute Gasteiger partial charge is 0.481 e. The summed E-state index contributed by atoms with van der Waals surface area (Å²) in [6.45, 7) is 3.45. The molecule has 5 heteroatoms. The Hall–Kier alpha value is -0.770. The summed E-state index contributed by atoms with van der Waals surface area (Å²) in [7, 11) is 0. The Kier molecular flexibility index (Phi) is 4.15. The summed E-state index contributed by atoms with van der Waals surface area (Å²) in [6.07, 6.45) is 1.00. The first-order valence-electron chi connectivity index (χ1n) is 5.92. The fourth-order valence-corrected chi connectivity index (χ4v) is 3.05. The van der Waals surface area contributed by atoms with Crippen molar-refractivity contribution in [2.24, 2.45) is 0 Å². The molecule has 2 rings (SSSR count). The molecule has 1 aliphatic rings. The van der Waals surface area contributed by atoms with Gasteiger partial charge in [-0.05, 0) is 36.6 Å². The number of carbonyl (C=O) groups is 1. The van der Waals surface area contributed by atoms with E-state index in [1.807, 2.05) is 6.07 Å². The predicted octanol–water partition coefficient (Wildman–Crippen LogP) is 3.39. The molecule has 18 heavy (non-hydrogen) atoms. The smallest absolute Gasteiger partial charge is 0.304 e. The van der Waals surface area contributed by atoms with E-state index in [2.05, 4.69) is 11.8 Å². The molecule has 0 amide bonds. The summed E-state index contributed by atoms with van der Waals surface area (Å²) in [5.41, 5.74) is 2.25. The average molecular weight is 288 g/mol. The van der Waals surface area contributed by atoms with E-state index in [-0.39, 0.29) is 12.5 Å². The second-order valence-electron chi connectivity index (χ2n) is 4.56. The summed E-state index contributed by atoms with van der Waals surface area (Å²) in [4.78, 5) is 12.8. The zero-order valence-corrected chi connectivity index (χ0v) is 11.6. The Labute approximate surface area is 116 Å². The second kappa shape index (κ2) is 5.47. The van der Waals surface area contributed by atoms with Crippen molar-refractivity contribution in [3.05, 3.63) is 33.3 Å². The molecule has 1 N–H and O–H groups in total. The molecular formula is C13H15Cl2NO2. The zero-order valence-electron chi connectivity index (χ0n) is 10.1. The van der Waals surface area contributed by atoms with E-state index in [1.54, 1.807) is 6.07 Å². The lowest BCUT2D eigenvalue weighted by Crippen LogP contribution is -2.35. The van der Waals surface area contributed by atoms with Crippen molar-refractivity contribution in [1.29, 1.82) is 0 Å². The third kappa shape index (κ3) is 2.79. The number of aliphatic carboxylic acids is 1. The molecule has 0 aliphatic carbocycles. The molecule has 0 saturated heterocycles. The van der Waals surface area contributed by atoms with Crippen molar-refractivity contribution in [2.75, 3.05) is 13.1 Å². The minimum atomic E-state index is -0.767. The van der Waals surface area contributed by atoms with Crippen molar-refractivity contribution in [3.63, 3.8) is 0 Å². The van der Waals surface area contributed by atoms with Gasteiger partial charge in [0, 0.05) is 29.2 Å². The van der Waals surface area contributed by atoms with Crippen LogP contribution >= 0.6 is 23.2 Å². The highest BCUT2D eigenvalue weighted by molar-refractivity contribution is 6.35. The Bertz CT molecular complexity index is 476. The number of halogens is 2. The lowest BCUT2D eigenvalue weighted by molar-refractivity contribution is -0.137. The summed E-state index contributed by atoms with van der Waals surface area (Å²) < 4.78 is 0. The van der Waals surface area contributed by atoms with Gasteiger partial charge >= 0.3 is 5.97 Å². The number of nitrogens with zero attached hydrogens (tertiary/aromatic N) is 1. The van der Waals surface area contributed by atoms with Gasteiger partial charge in [-0.25, -0.2) is 0 Å². The van der Waals surface area contributed by atoms with Gasteiger partial charge in [0.1, 0.15) is 0 Å². The monoisotopic (exact) mass is 287 g/mol. The second-order valence-corrected chi connectivity index (χ2v) is 5.40. The number of hydrogen-bond donors (Lipinski definition) is 1. The van der Waals surface area contributed by atoms with Crippen molar-refractivity contribution in [3.8, 4) is 0 Å². The van der Waals surface area contributed by atoms with Gasteiger partial charge in [0.25, 0.3) is 0 Å². The average Bonchev–Trinajstić information content (AvgIpc) is 2.29. The molecule has 0 spiro atoms. The van der Waals surface area contributed by atoms with Crippen molar-refractivity contribution >= 4 is 29.2 Å². The molecule has 1 aromatic carbocycles. The molecule has 0 bridgehead atoms. The molecule has 0 saturated carbocycles. The predicted molar refractivity (Wildman–Crippen MR) is 72.4 cm³/mol. The van der Waals surface area contributed by atoms with Crippen LogP contribution in [-0.2, 0) is 11.2 Å². The van der Waals surface area contributed by atoms with Gasteiger partial charge in [-0.15, -0.1) is 0 Å². The number of carboxylic acids is 1. The Morgan fingerprint density at radius 1 is 1.50 bits per heavy atom. The lowest BCUT2D eigenvalue weighted by Gasteiger charge is -2.35. The number of benzene rings is 1. The van der Waals surface area contributed by atoms with E-state index < -0.39 is 5.97 Å². The molecular weight excluding hydrogens is 273 g/mol. The molecule has 98 valence electrons. The highest BCUT2D eigenvalue weighted by Gasteiger charge is 2.25. The van der Waals surface area contributed by atoms with Crippen molar-refractivity contribution in [1.82, 2.24) is 4.90 Å². The Balaban J connectivity index is 2.22. The summed E-state index contributed by atoms with van der Waals surface area (Å²) in [5, 5.41) is 10.1. The van der Waals surface area contributed by atoms with Crippen LogP contribution in [-0.4, -0.2) is 29.1 Å². The van der Waals surface area contributed by atoms with E-state index in [4.69, 9.17) is 28.3 Å². The van der Waals surface area contributed by atoms with Crippen LogP contribution in [0.1, 0.15) is 30.5 Å². The zero-order chi connectivity index (χ0) is 13.3. The SMILES string of the molecule is CC1c2cc(Cl)cc(Cl)c2CCN1CCC(=O)O. The van der Waals surface area contributed by atoms with Gasteiger partial charge in [-0.3, -0.25) is 9.69 Å². The van der Waals surface area contributed by atoms with Crippen LogP contribution in [0.2, 0.25) is 10.0 Å². The minimum Gasteiger partial charge on any atom is -0.481 e. The van der Waals surface area contributed by atoms with Crippen LogP contribution < -0.4 is 0 Å². The van der Waals surface area contributed by atoms with Crippen LogP contribution in [0.25, 0.3) is 0 Å². The molecule has 3 nitrogen and oxygen atoms in total. The molecule has 1 unspecified atom stereocenters. The maximum Gasteiger partial charge on any atom is 0.304 e. The molecule has 0 aromatic heterocycles. The number of fused-ring (bicyclic) bond motifs is 1. The minimum absolute atomic E-state index is 0.157. The van der Waals surface area contributed by atoms with Crippen LogP contribution in [0.5, 0.6) is 0 Å². The molecule has 1 atom stereocenters. The van der Waals surface area contributed by atoms with Gasteiger partial charge in [0.2, 0.25) is 0 Å². The van der Waals surface area contributed by atoms with Gasteiger partial charge in [-0.2, -0.15) is 0 Å². The number of hydrogen-bond acceptors (Lipinski definition) is 2. The van der Waals surface area contributed by atoms with E-state index in [1.165, 1.54) is 0 Å². The van der Waals surface area contributed by atoms with Crippen LogP contribution in [0.15, 0.2) is 12.1 Å². The van der Waals surface area contributed by atoms with Crippen LogP contribution in [0.4, 0.5) is 0 Å². The first kappa shape index (κ1) is 13.7. The third-order valence-corrected chi connectivity index (χ3v) is 4.01. The van der Waals surface area contributed by atoms with E-state index in [0.717, 1.165) is 24.1 Å². The quantitative estimate of drug-likeness (QED) is 0.926. The van der Waals surface area contributed by atoms with Gasteiger partial charge in [0.05, 0.1) is 6.42 Å². The maximum atomic E-state index is 10.6.